The molecule has 2 aromatic heterocycles. The molecule has 0 aliphatic carbocycles. The summed E-state index contributed by atoms with van der Waals surface area (Å²) in [5, 5.41) is 6.81. The van der Waals surface area contributed by atoms with E-state index in [1.807, 2.05) is 31.1 Å². The van der Waals surface area contributed by atoms with E-state index in [2.05, 4.69) is 25.6 Å². The average Bonchev–Trinajstić information content (AvgIpc) is 3.49. The third-order valence-corrected chi connectivity index (χ3v) is 6.48. The molecule has 0 fully saturated rings. The molecule has 0 radical (unpaired) electrons. The Hall–Kier alpha value is -4.42. The largest absolute Gasteiger partial charge is 0.495 e. The standard InChI is InChI=1S/C26H26ClFN8O3/c1-35(2)12-21(37)36-7-5-13-8-20(39-3)17(11-19(13)36)32-26-33-24-15(4-6-30-24)25(34-26)31-18-10-14(27)9-16(28)22(18)23(29)38/h4,6,8-11H,5,7,12H2,1-3H3,(H2,29,38)(H3,30,31,32,33,34). The Labute approximate surface area is 228 Å². The monoisotopic (exact) mass is 552 g/mol. The third-order valence-electron chi connectivity index (χ3n) is 6.27. The molecule has 202 valence electrons. The molecule has 39 heavy (non-hydrogen) atoms. The number of H-pyrrole nitrogens is 1. The lowest BCUT2D eigenvalue weighted by Gasteiger charge is -2.21. The highest BCUT2D eigenvalue weighted by atomic mass is 35.5. The molecular weight excluding hydrogens is 527 g/mol. The van der Waals surface area contributed by atoms with Crippen LogP contribution < -0.4 is 26.0 Å². The number of primary amides is 1. The molecule has 0 atom stereocenters. The summed E-state index contributed by atoms with van der Waals surface area (Å²) in [6.07, 6.45) is 2.38. The van der Waals surface area contributed by atoms with Gasteiger partial charge in [0.1, 0.15) is 23.0 Å². The smallest absolute Gasteiger partial charge is 0.253 e. The van der Waals surface area contributed by atoms with Gasteiger partial charge in [0, 0.05) is 23.5 Å². The summed E-state index contributed by atoms with van der Waals surface area (Å²) in [6, 6.07) is 7.86. The quantitative estimate of drug-likeness (QED) is 0.259. The number of methoxy groups -OCH3 is 1. The topological polar surface area (TPSA) is 142 Å². The Morgan fingerprint density at radius 3 is 2.72 bits per heavy atom. The van der Waals surface area contributed by atoms with E-state index in [4.69, 9.17) is 22.1 Å². The van der Waals surface area contributed by atoms with Crippen LogP contribution in [-0.4, -0.2) is 66.0 Å². The molecule has 0 saturated carbocycles. The number of nitrogens with zero attached hydrogens (tertiary/aromatic N) is 4. The highest BCUT2D eigenvalue weighted by molar-refractivity contribution is 6.31. The number of amides is 2. The molecule has 2 aromatic carbocycles. The number of carbonyl (C=O) groups excluding carboxylic acids is 2. The van der Waals surface area contributed by atoms with Crippen LogP contribution >= 0.6 is 11.6 Å². The van der Waals surface area contributed by atoms with Crippen molar-refractivity contribution in [3.8, 4) is 5.75 Å². The molecule has 5 rings (SSSR count). The second-order valence-electron chi connectivity index (χ2n) is 9.27. The van der Waals surface area contributed by atoms with Crippen LogP contribution in [0.1, 0.15) is 15.9 Å². The molecule has 0 spiro atoms. The predicted octanol–water partition coefficient (Wildman–Crippen LogP) is 3.80. The van der Waals surface area contributed by atoms with Gasteiger partial charge in [-0.15, -0.1) is 0 Å². The van der Waals surface area contributed by atoms with E-state index in [0.717, 1.165) is 17.3 Å². The lowest BCUT2D eigenvalue weighted by atomic mass is 10.1. The molecule has 13 heteroatoms. The van der Waals surface area contributed by atoms with Gasteiger partial charge in [-0.1, -0.05) is 11.6 Å². The molecule has 4 aromatic rings. The fraction of sp³-hybridized carbons (Fsp3) is 0.231. The second kappa shape index (κ2) is 10.4. The van der Waals surface area contributed by atoms with Gasteiger partial charge in [-0.05, 0) is 56.4 Å². The van der Waals surface area contributed by atoms with E-state index in [1.165, 1.54) is 6.07 Å². The Morgan fingerprint density at radius 2 is 2.00 bits per heavy atom. The third kappa shape index (κ3) is 5.16. The van der Waals surface area contributed by atoms with Gasteiger partial charge in [-0.2, -0.15) is 9.97 Å². The highest BCUT2D eigenvalue weighted by Gasteiger charge is 2.27. The number of hydrogen-bond donors (Lipinski definition) is 4. The first kappa shape index (κ1) is 26.2. The summed E-state index contributed by atoms with van der Waals surface area (Å²) in [6.45, 7) is 0.860. The van der Waals surface area contributed by atoms with Crippen LogP contribution in [0.5, 0.6) is 5.75 Å². The highest BCUT2D eigenvalue weighted by Crippen LogP contribution is 2.39. The van der Waals surface area contributed by atoms with Gasteiger partial charge in [0.15, 0.2) is 0 Å². The number of aromatic amines is 1. The van der Waals surface area contributed by atoms with Crippen molar-refractivity contribution < 1.29 is 18.7 Å². The Balaban J connectivity index is 1.53. The van der Waals surface area contributed by atoms with E-state index in [1.54, 1.807) is 24.3 Å². The van der Waals surface area contributed by atoms with Crippen LogP contribution in [0.2, 0.25) is 5.02 Å². The van der Waals surface area contributed by atoms with Crippen molar-refractivity contribution in [1.82, 2.24) is 19.9 Å². The van der Waals surface area contributed by atoms with Crippen molar-refractivity contribution >= 4 is 63.3 Å². The van der Waals surface area contributed by atoms with Gasteiger partial charge < -0.3 is 35.9 Å². The Bertz CT molecular complexity index is 1610. The van der Waals surface area contributed by atoms with E-state index in [-0.39, 0.29) is 40.5 Å². The van der Waals surface area contributed by atoms with Gasteiger partial charge >= 0.3 is 0 Å². The molecule has 5 N–H and O–H groups in total. The summed E-state index contributed by atoms with van der Waals surface area (Å²) in [7, 11) is 5.25. The fourth-order valence-electron chi connectivity index (χ4n) is 4.56. The van der Waals surface area contributed by atoms with Crippen molar-refractivity contribution in [2.75, 3.05) is 49.8 Å². The number of hydrogen-bond acceptors (Lipinski definition) is 8. The van der Waals surface area contributed by atoms with E-state index in [0.29, 0.717) is 35.4 Å². The normalized spacial score (nSPS) is 12.6. The predicted molar refractivity (Wildman–Crippen MR) is 148 cm³/mol. The van der Waals surface area contributed by atoms with Crippen molar-refractivity contribution in [3.05, 3.63) is 58.5 Å². The zero-order valence-corrected chi connectivity index (χ0v) is 22.2. The number of likely N-dealkylation sites (N-methyl/N-ethyl adjacent to an activating group) is 1. The molecule has 0 saturated heterocycles. The average molecular weight is 553 g/mol. The second-order valence-corrected chi connectivity index (χ2v) is 9.71. The maximum atomic E-state index is 14.5. The number of aromatic nitrogens is 3. The molecule has 0 bridgehead atoms. The van der Waals surface area contributed by atoms with Gasteiger partial charge in [0.2, 0.25) is 11.9 Å². The maximum Gasteiger partial charge on any atom is 0.253 e. The number of ether oxygens (including phenoxy) is 1. The summed E-state index contributed by atoms with van der Waals surface area (Å²) in [4.78, 5) is 40.5. The minimum atomic E-state index is -0.958. The van der Waals surface area contributed by atoms with Gasteiger partial charge in [0.05, 0.1) is 36.0 Å². The lowest BCUT2D eigenvalue weighted by Crippen LogP contribution is -2.36. The van der Waals surface area contributed by atoms with Crippen LogP contribution in [0.15, 0.2) is 36.5 Å². The molecule has 1 aliphatic heterocycles. The molecule has 2 amide bonds. The summed E-state index contributed by atoms with van der Waals surface area (Å²) >= 11 is 6.04. The number of anilines is 5. The van der Waals surface area contributed by atoms with Crippen molar-refractivity contribution in [2.45, 2.75) is 6.42 Å². The first-order valence-corrected chi connectivity index (χ1v) is 12.4. The molecule has 1 aliphatic rings. The van der Waals surface area contributed by atoms with Gasteiger partial charge in [-0.3, -0.25) is 9.59 Å². The first-order chi connectivity index (χ1) is 18.6. The molecule has 3 heterocycles. The van der Waals surface area contributed by atoms with Crippen LogP contribution in [0.3, 0.4) is 0 Å². The minimum absolute atomic E-state index is 0.00980. The number of fused-ring (bicyclic) bond motifs is 2. The Kier molecular flexibility index (Phi) is 6.98. The van der Waals surface area contributed by atoms with Crippen molar-refractivity contribution in [2.24, 2.45) is 5.73 Å². The molecule has 11 nitrogen and oxygen atoms in total. The van der Waals surface area contributed by atoms with E-state index < -0.39 is 11.7 Å². The van der Waals surface area contributed by atoms with Crippen LogP contribution in [-0.2, 0) is 11.2 Å². The van der Waals surface area contributed by atoms with Gasteiger partial charge in [-0.25, -0.2) is 4.39 Å². The minimum Gasteiger partial charge on any atom is -0.495 e. The maximum absolute atomic E-state index is 14.5. The van der Waals surface area contributed by atoms with Crippen LogP contribution in [0, 0.1) is 5.82 Å². The van der Waals surface area contributed by atoms with Crippen LogP contribution in [0.4, 0.5) is 33.2 Å². The van der Waals surface area contributed by atoms with Gasteiger partial charge in [0.25, 0.3) is 5.91 Å². The number of carbonyl (C=O) groups is 2. The summed E-state index contributed by atoms with van der Waals surface area (Å²) < 4.78 is 20.1. The van der Waals surface area contributed by atoms with Crippen LogP contribution in [0.25, 0.3) is 11.0 Å². The summed E-state index contributed by atoms with van der Waals surface area (Å²) in [5.74, 6) is -0.821. The molecule has 0 unspecified atom stereocenters. The molecular formula is C26H26ClFN8O3. The fourth-order valence-corrected chi connectivity index (χ4v) is 4.76. The first-order valence-electron chi connectivity index (χ1n) is 12.0. The zero-order valence-electron chi connectivity index (χ0n) is 21.4. The van der Waals surface area contributed by atoms with Crippen molar-refractivity contribution in [1.29, 1.82) is 0 Å². The Morgan fingerprint density at radius 1 is 1.21 bits per heavy atom. The summed E-state index contributed by atoms with van der Waals surface area (Å²) in [5.41, 5.74) is 7.93. The van der Waals surface area contributed by atoms with E-state index >= 15 is 0 Å². The number of nitrogens with one attached hydrogen (secondary N) is 3. The SMILES string of the molecule is COc1cc2c(cc1Nc1nc(Nc3cc(Cl)cc(F)c3C(N)=O)c3cc[nH]c3n1)N(C(=O)CN(C)C)CC2. The van der Waals surface area contributed by atoms with Crippen molar-refractivity contribution in [3.63, 3.8) is 0 Å². The number of benzene rings is 2. The number of nitrogens with two attached hydrogens (primary N) is 1. The van der Waals surface area contributed by atoms with E-state index in [9.17, 15) is 14.0 Å². The number of halogens is 2. The lowest BCUT2D eigenvalue weighted by molar-refractivity contribution is -0.119. The number of rotatable bonds is 8. The zero-order chi connectivity index (χ0) is 27.8.